The average Bonchev–Trinajstić information content (AvgIpc) is 2.25. The van der Waals surface area contributed by atoms with Gasteiger partial charge >= 0.3 is 0 Å². The van der Waals surface area contributed by atoms with Gasteiger partial charge in [-0.3, -0.25) is 0 Å². The fourth-order valence-electron chi connectivity index (χ4n) is 1.28. The lowest BCUT2D eigenvalue weighted by Gasteiger charge is -2.13. The van der Waals surface area contributed by atoms with Gasteiger partial charge in [0, 0.05) is 11.6 Å². The van der Waals surface area contributed by atoms with Crippen molar-refractivity contribution in [2.45, 2.75) is 12.5 Å². The maximum Gasteiger partial charge on any atom is 0.165 e. The summed E-state index contributed by atoms with van der Waals surface area (Å²) in [6.07, 6.45) is 0.0310. The van der Waals surface area contributed by atoms with E-state index in [0.29, 0.717) is 0 Å². The molecule has 3 N–H and O–H groups in total. The van der Waals surface area contributed by atoms with Crippen LogP contribution in [0.3, 0.4) is 0 Å². The van der Waals surface area contributed by atoms with Crippen LogP contribution in [-0.4, -0.2) is 24.9 Å². The van der Waals surface area contributed by atoms with Crippen LogP contribution in [0, 0.1) is 11.6 Å². The summed E-state index contributed by atoms with van der Waals surface area (Å²) in [5.41, 5.74) is 5.51. The molecule has 1 unspecified atom stereocenters. The van der Waals surface area contributed by atoms with Crippen molar-refractivity contribution in [1.82, 2.24) is 0 Å². The van der Waals surface area contributed by atoms with Crippen LogP contribution in [-0.2, 0) is 6.42 Å². The Morgan fingerprint density at radius 2 is 2.13 bits per heavy atom. The van der Waals surface area contributed by atoms with Crippen LogP contribution in [0.15, 0.2) is 12.1 Å². The van der Waals surface area contributed by atoms with Crippen molar-refractivity contribution in [3.8, 4) is 5.75 Å². The number of hydrogen-bond acceptors (Lipinski definition) is 3. The maximum absolute atomic E-state index is 13.4. The van der Waals surface area contributed by atoms with E-state index < -0.39 is 17.7 Å². The standard InChI is InChI=1S/C10H13F2NO2/c1-15-9-3-2-8(11)10(12)7(9)4-6(13)5-14/h2-3,6,14H,4-5,13H2,1H3. The van der Waals surface area contributed by atoms with Crippen molar-refractivity contribution < 1.29 is 18.6 Å². The fraction of sp³-hybridized carbons (Fsp3) is 0.400. The van der Waals surface area contributed by atoms with Crippen molar-refractivity contribution in [2.75, 3.05) is 13.7 Å². The molecule has 1 aromatic carbocycles. The lowest BCUT2D eigenvalue weighted by Crippen LogP contribution is -2.27. The summed E-state index contributed by atoms with van der Waals surface area (Å²) >= 11 is 0. The number of nitrogens with two attached hydrogens (primary N) is 1. The monoisotopic (exact) mass is 217 g/mol. The van der Waals surface area contributed by atoms with Gasteiger partial charge in [0.15, 0.2) is 11.6 Å². The van der Waals surface area contributed by atoms with Gasteiger partial charge in [-0.05, 0) is 18.6 Å². The van der Waals surface area contributed by atoms with Gasteiger partial charge in [-0.1, -0.05) is 0 Å². The summed E-state index contributed by atoms with van der Waals surface area (Å²) in [6.45, 7) is -0.293. The van der Waals surface area contributed by atoms with E-state index in [-0.39, 0.29) is 24.3 Å². The minimum Gasteiger partial charge on any atom is -0.496 e. The summed E-state index contributed by atoms with van der Waals surface area (Å²) in [7, 11) is 1.36. The molecule has 0 aliphatic heterocycles. The third-order valence-corrected chi connectivity index (χ3v) is 2.07. The first kappa shape index (κ1) is 11.9. The Balaban J connectivity index is 3.06. The Morgan fingerprint density at radius 1 is 1.47 bits per heavy atom. The van der Waals surface area contributed by atoms with Gasteiger partial charge in [-0.25, -0.2) is 8.78 Å². The zero-order valence-electron chi connectivity index (χ0n) is 8.34. The molecule has 0 aromatic heterocycles. The van der Waals surface area contributed by atoms with Crippen molar-refractivity contribution in [3.63, 3.8) is 0 Å². The summed E-state index contributed by atoms with van der Waals surface area (Å²) in [4.78, 5) is 0. The summed E-state index contributed by atoms with van der Waals surface area (Å²) in [5.74, 6) is -1.69. The van der Waals surface area contributed by atoms with Crippen LogP contribution in [0.1, 0.15) is 5.56 Å². The molecule has 0 amide bonds. The van der Waals surface area contributed by atoms with Crippen molar-refractivity contribution in [3.05, 3.63) is 29.3 Å². The van der Waals surface area contributed by atoms with Gasteiger partial charge in [0.2, 0.25) is 0 Å². The maximum atomic E-state index is 13.4. The molecular formula is C10H13F2NO2. The molecule has 1 rings (SSSR count). The lowest BCUT2D eigenvalue weighted by molar-refractivity contribution is 0.263. The molecule has 0 radical (unpaired) electrons. The molecule has 5 heteroatoms. The van der Waals surface area contributed by atoms with Crippen LogP contribution < -0.4 is 10.5 Å². The second-order valence-electron chi connectivity index (χ2n) is 3.19. The van der Waals surface area contributed by atoms with Crippen molar-refractivity contribution in [1.29, 1.82) is 0 Å². The zero-order chi connectivity index (χ0) is 11.4. The molecule has 0 spiro atoms. The highest BCUT2D eigenvalue weighted by Crippen LogP contribution is 2.24. The number of methoxy groups -OCH3 is 1. The average molecular weight is 217 g/mol. The molecule has 3 nitrogen and oxygen atoms in total. The molecule has 1 atom stereocenters. The minimum absolute atomic E-state index is 0.0310. The smallest absolute Gasteiger partial charge is 0.165 e. The molecule has 0 saturated heterocycles. The van der Waals surface area contributed by atoms with Gasteiger partial charge in [-0.2, -0.15) is 0 Å². The third-order valence-electron chi connectivity index (χ3n) is 2.07. The normalized spacial score (nSPS) is 12.6. The quantitative estimate of drug-likeness (QED) is 0.785. The number of rotatable bonds is 4. The third kappa shape index (κ3) is 2.64. The number of aliphatic hydroxyl groups excluding tert-OH is 1. The van der Waals surface area contributed by atoms with Crippen molar-refractivity contribution >= 4 is 0 Å². The van der Waals surface area contributed by atoms with Gasteiger partial charge in [0.05, 0.1) is 13.7 Å². The van der Waals surface area contributed by atoms with E-state index in [0.717, 1.165) is 6.07 Å². The molecular weight excluding hydrogens is 204 g/mol. The van der Waals surface area contributed by atoms with Gasteiger partial charge in [0.1, 0.15) is 5.75 Å². The number of hydrogen-bond donors (Lipinski definition) is 2. The predicted molar refractivity (Wildman–Crippen MR) is 51.7 cm³/mol. The fourth-order valence-corrected chi connectivity index (χ4v) is 1.28. The Hall–Kier alpha value is -1.20. The lowest BCUT2D eigenvalue weighted by atomic mass is 10.0. The second-order valence-corrected chi connectivity index (χ2v) is 3.19. The zero-order valence-corrected chi connectivity index (χ0v) is 8.34. The minimum atomic E-state index is -0.974. The molecule has 0 aliphatic carbocycles. The highest BCUT2D eigenvalue weighted by Gasteiger charge is 2.16. The second kappa shape index (κ2) is 5.04. The molecule has 0 heterocycles. The Labute approximate surface area is 86.5 Å². The van der Waals surface area contributed by atoms with Gasteiger partial charge in [-0.15, -0.1) is 0 Å². The van der Waals surface area contributed by atoms with Crippen LogP contribution in [0.2, 0.25) is 0 Å². The van der Waals surface area contributed by atoms with E-state index in [1.165, 1.54) is 13.2 Å². The van der Waals surface area contributed by atoms with Crippen LogP contribution >= 0.6 is 0 Å². The molecule has 0 saturated carbocycles. The van der Waals surface area contributed by atoms with E-state index in [1.54, 1.807) is 0 Å². The van der Waals surface area contributed by atoms with E-state index in [4.69, 9.17) is 15.6 Å². The molecule has 1 aromatic rings. The first-order chi connectivity index (χ1) is 7.10. The number of halogens is 2. The first-order valence-corrected chi connectivity index (χ1v) is 4.47. The largest absolute Gasteiger partial charge is 0.496 e. The highest BCUT2D eigenvalue weighted by molar-refractivity contribution is 5.36. The highest BCUT2D eigenvalue weighted by atomic mass is 19.2. The predicted octanol–water partition coefficient (Wildman–Crippen LogP) is 0.836. The van der Waals surface area contributed by atoms with Crippen LogP contribution in [0.25, 0.3) is 0 Å². The Bertz CT molecular complexity index is 344. The van der Waals surface area contributed by atoms with Crippen molar-refractivity contribution in [2.24, 2.45) is 5.73 Å². The Morgan fingerprint density at radius 3 is 2.67 bits per heavy atom. The van der Waals surface area contributed by atoms with E-state index in [1.807, 2.05) is 0 Å². The number of benzene rings is 1. The molecule has 0 aliphatic rings. The van der Waals surface area contributed by atoms with Gasteiger partial charge in [0.25, 0.3) is 0 Å². The first-order valence-electron chi connectivity index (χ1n) is 4.47. The molecule has 15 heavy (non-hydrogen) atoms. The molecule has 0 bridgehead atoms. The van der Waals surface area contributed by atoms with Gasteiger partial charge < -0.3 is 15.6 Å². The van der Waals surface area contributed by atoms with E-state index in [2.05, 4.69) is 0 Å². The van der Waals surface area contributed by atoms with E-state index >= 15 is 0 Å². The van der Waals surface area contributed by atoms with E-state index in [9.17, 15) is 8.78 Å². The summed E-state index contributed by atoms with van der Waals surface area (Å²) in [6, 6.07) is 1.69. The summed E-state index contributed by atoms with van der Waals surface area (Å²) in [5, 5.41) is 8.74. The van der Waals surface area contributed by atoms with Crippen LogP contribution in [0.5, 0.6) is 5.75 Å². The number of ether oxygens (including phenoxy) is 1. The van der Waals surface area contributed by atoms with Crippen LogP contribution in [0.4, 0.5) is 8.78 Å². The molecule has 84 valence electrons. The SMILES string of the molecule is COc1ccc(F)c(F)c1CC(N)CO. The topological polar surface area (TPSA) is 55.5 Å². The summed E-state index contributed by atoms with van der Waals surface area (Å²) < 4.78 is 31.2. The molecule has 0 fully saturated rings. The number of aliphatic hydroxyl groups is 1. The Kier molecular flexibility index (Phi) is 3.99.